The standard InChI is InChI=1S/C25H27N3O5S/c29-24(26-13-15-27(16-14-26)25(30)23-6-3-17-33-23)20-9-11-28(12-10-20)34(31,32)22-8-7-19-4-1-2-5-21(19)18-22/h1-8,17-18,20H,9-16H2. The Balaban J connectivity index is 1.17. The lowest BCUT2D eigenvalue weighted by Gasteiger charge is -2.38. The van der Waals surface area contributed by atoms with E-state index in [0.717, 1.165) is 10.8 Å². The van der Waals surface area contributed by atoms with Crippen molar-refractivity contribution in [3.63, 3.8) is 0 Å². The summed E-state index contributed by atoms with van der Waals surface area (Å²) in [5, 5.41) is 1.88. The van der Waals surface area contributed by atoms with Crippen LogP contribution in [0.2, 0.25) is 0 Å². The average molecular weight is 482 g/mol. The molecule has 3 heterocycles. The van der Waals surface area contributed by atoms with Gasteiger partial charge in [0.2, 0.25) is 15.9 Å². The summed E-state index contributed by atoms with van der Waals surface area (Å²) in [4.78, 5) is 29.3. The zero-order valence-electron chi connectivity index (χ0n) is 18.8. The van der Waals surface area contributed by atoms with Gasteiger partial charge in [-0.05, 0) is 47.9 Å². The number of hydrogen-bond donors (Lipinski definition) is 0. The van der Waals surface area contributed by atoms with Gasteiger partial charge in [0.25, 0.3) is 5.91 Å². The second-order valence-corrected chi connectivity index (χ2v) is 10.7. The minimum atomic E-state index is -3.61. The summed E-state index contributed by atoms with van der Waals surface area (Å²) in [6, 6.07) is 16.2. The van der Waals surface area contributed by atoms with Crippen molar-refractivity contribution in [2.75, 3.05) is 39.3 Å². The third kappa shape index (κ3) is 4.33. The molecule has 0 saturated carbocycles. The van der Waals surface area contributed by atoms with Gasteiger partial charge in [-0.3, -0.25) is 9.59 Å². The van der Waals surface area contributed by atoms with Crippen LogP contribution in [0.25, 0.3) is 10.8 Å². The lowest BCUT2D eigenvalue weighted by atomic mass is 9.96. The van der Waals surface area contributed by atoms with Gasteiger partial charge in [-0.25, -0.2) is 8.42 Å². The van der Waals surface area contributed by atoms with Gasteiger partial charge < -0.3 is 14.2 Å². The maximum absolute atomic E-state index is 13.2. The number of piperazine rings is 1. The number of amides is 2. The number of piperidine rings is 1. The van der Waals surface area contributed by atoms with Gasteiger partial charge in [0.1, 0.15) is 0 Å². The molecule has 2 aliphatic rings. The topological polar surface area (TPSA) is 91.1 Å². The summed E-state index contributed by atoms with van der Waals surface area (Å²) in [7, 11) is -3.61. The van der Waals surface area contributed by atoms with Crippen LogP contribution in [0.3, 0.4) is 0 Å². The highest BCUT2D eigenvalue weighted by Gasteiger charge is 2.35. The van der Waals surface area contributed by atoms with E-state index in [2.05, 4.69) is 0 Å². The number of sulfonamides is 1. The van der Waals surface area contributed by atoms with Gasteiger partial charge in [0.15, 0.2) is 5.76 Å². The first-order valence-electron chi connectivity index (χ1n) is 11.5. The van der Waals surface area contributed by atoms with E-state index in [1.807, 2.05) is 30.3 Å². The molecule has 0 radical (unpaired) electrons. The predicted molar refractivity (Wildman–Crippen MR) is 127 cm³/mol. The van der Waals surface area contributed by atoms with Crippen molar-refractivity contribution in [1.82, 2.24) is 14.1 Å². The van der Waals surface area contributed by atoms with Crippen molar-refractivity contribution in [1.29, 1.82) is 0 Å². The van der Waals surface area contributed by atoms with E-state index in [0.29, 0.717) is 57.9 Å². The molecule has 5 rings (SSSR count). The van der Waals surface area contributed by atoms with Crippen LogP contribution in [0.4, 0.5) is 0 Å². The number of carbonyl (C=O) groups excluding carboxylic acids is 2. The highest BCUT2D eigenvalue weighted by atomic mass is 32.2. The molecular formula is C25H27N3O5S. The number of hydrogen-bond acceptors (Lipinski definition) is 5. The summed E-state index contributed by atoms with van der Waals surface area (Å²) < 4.78 is 33.1. The largest absolute Gasteiger partial charge is 0.459 e. The maximum Gasteiger partial charge on any atom is 0.289 e. The third-order valence-electron chi connectivity index (χ3n) is 6.77. The second kappa shape index (κ2) is 9.23. The maximum atomic E-state index is 13.2. The summed E-state index contributed by atoms with van der Waals surface area (Å²) >= 11 is 0. The van der Waals surface area contributed by atoms with Crippen LogP contribution in [0.1, 0.15) is 23.4 Å². The second-order valence-electron chi connectivity index (χ2n) is 8.78. The van der Waals surface area contributed by atoms with Gasteiger partial charge in [-0.2, -0.15) is 4.31 Å². The van der Waals surface area contributed by atoms with Crippen LogP contribution in [-0.4, -0.2) is 73.6 Å². The Morgan fingerprint density at radius 1 is 0.794 bits per heavy atom. The molecule has 1 aromatic heterocycles. The Morgan fingerprint density at radius 3 is 2.15 bits per heavy atom. The Kier molecular flexibility index (Phi) is 6.14. The lowest BCUT2D eigenvalue weighted by molar-refractivity contribution is -0.138. The van der Waals surface area contributed by atoms with Crippen molar-refractivity contribution in [3.8, 4) is 0 Å². The number of nitrogens with zero attached hydrogens (tertiary/aromatic N) is 3. The zero-order chi connectivity index (χ0) is 23.7. The fraction of sp³-hybridized carbons (Fsp3) is 0.360. The first-order chi connectivity index (χ1) is 16.4. The summed E-state index contributed by atoms with van der Waals surface area (Å²) in [5.74, 6) is -0.00712. The molecule has 0 unspecified atom stereocenters. The molecule has 0 aliphatic carbocycles. The van der Waals surface area contributed by atoms with Crippen LogP contribution in [0, 0.1) is 5.92 Å². The molecule has 2 amide bonds. The molecule has 0 N–H and O–H groups in total. The fourth-order valence-electron chi connectivity index (χ4n) is 4.76. The molecule has 9 heteroatoms. The monoisotopic (exact) mass is 481 g/mol. The summed E-state index contributed by atoms with van der Waals surface area (Å²) in [6.45, 7) is 2.51. The zero-order valence-corrected chi connectivity index (χ0v) is 19.6. The molecule has 178 valence electrons. The van der Waals surface area contributed by atoms with E-state index < -0.39 is 10.0 Å². The lowest BCUT2D eigenvalue weighted by Crippen LogP contribution is -2.53. The molecule has 8 nitrogen and oxygen atoms in total. The van der Waals surface area contributed by atoms with Gasteiger partial charge in [-0.1, -0.05) is 30.3 Å². The Bertz CT molecular complexity index is 1290. The smallest absolute Gasteiger partial charge is 0.289 e. The van der Waals surface area contributed by atoms with Crippen molar-refractivity contribution in [3.05, 3.63) is 66.6 Å². The Morgan fingerprint density at radius 2 is 1.47 bits per heavy atom. The minimum absolute atomic E-state index is 0.0489. The van der Waals surface area contributed by atoms with Gasteiger partial charge in [0.05, 0.1) is 11.2 Å². The first-order valence-corrected chi connectivity index (χ1v) is 13.0. The van der Waals surface area contributed by atoms with Crippen LogP contribution in [0.15, 0.2) is 70.2 Å². The van der Waals surface area contributed by atoms with E-state index in [1.165, 1.54) is 10.6 Å². The highest BCUT2D eigenvalue weighted by molar-refractivity contribution is 7.89. The van der Waals surface area contributed by atoms with E-state index in [9.17, 15) is 18.0 Å². The fourth-order valence-corrected chi connectivity index (χ4v) is 6.27. The third-order valence-corrected chi connectivity index (χ3v) is 8.67. The molecule has 2 fully saturated rings. The predicted octanol–water partition coefficient (Wildman–Crippen LogP) is 2.82. The van der Waals surface area contributed by atoms with E-state index >= 15 is 0 Å². The van der Waals surface area contributed by atoms with Gasteiger partial charge in [-0.15, -0.1) is 0 Å². The Hall–Kier alpha value is -3.17. The van der Waals surface area contributed by atoms with Crippen molar-refractivity contribution in [2.45, 2.75) is 17.7 Å². The molecule has 2 aliphatic heterocycles. The molecular weight excluding hydrogens is 454 g/mol. The van der Waals surface area contributed by atoms with Crippen molar-refractivity contribution in [2.24, 2.45) is 5.92 Å². The SMILES string of the molecule is O=C(c1ccco1)N1CCN(C(=O)C2CCN(S(=O)(=O)c3ccc4ccccc4c3)CC2)CC1. The summed E-state index contributed by atoms with van der Waals surface area (Å²) in [5.41, 5.74) is 0. The summed E-state index contributed by atoms with van der Waals surface area (Å²) in [6.07, 6.45) is 2.47. The number of carbonyl (C=O) groups is 2. The number of fused-ring (bicyclic) bond motifs is 1. The molecule has 0 spiro atoms. The van der Waals surface area contributed by atoms with Crippen LogP contribution in [-0.2, 0) is 14.8 Å². The van der Waals surface area contributed by atoms with Crippen LogP contribution >= 0.6 is 0 Å². The van der Waals surface area contributed by atoms with E-state index in [1.54, 1.807) is 34.1 Å². The quantitative estimate of drug-likeness (QED) is 0.572. The molecule has 0 bridgehead atoms. The number of furan rings is 1. The Labute approximate surface area is 198 Å². The van der Waals surface area contributed by atoms with Gasteiger partial charge >= 0.3 is 0 Å². The van der Waals surface area contributed by atoms with E-state index in [4.69, 9.17) is 4.42 Å². The van der Waals surface area contributed by atoms with E-state index in [-0.39, 0.29) is 22.6 Å². The van der Waals surface area contributed by atoms with Crippen LogP contribution < -0.4 is 0 Å². The van der Waals surface area contributed by atoms with Crippen molar-refractivity contribution < 1.29 is 22.4 Å². The normalized spacial score (nSPS) is 18.4. The first kappa shape index (κ1) is 22.6. The van der Waals surface area contributed by atoms with Gasteiger partial charge in [0, 0.05) is 45.2 Å². The highest BCUT2D eigenvalue weighted by Crippen LogP contribution is 2.27. The number of rotatable bonds is 4. The average Bonchev–Trinajstić information content (AvgIpc) is 3.43. The molecule has 3 aromatic rings. The molecule has 0 atom stereocenters. The van der Waals surface area contributed by atoms with Crippen LogP contribution in [0.5, 0.6) is 0 Å². The van der Waals surface area contributed by atoms with Crippen molar-refractivity contribution >= 4 is 32.6 Å². The molecule has 2 saturated heterocycles. The molecule has 2 aromatic carbocycles. The molecule has 34 heavy (non-hydrogen) atoms. The number of benzene rings is 2. The minimum Gasteiger partial charge on any atom is -0.459 e.